The van der Waals surface area contributed by atoms with E-state index in [1.165, 1.54) is 23.9 Å². The average molecular weight is 454 g/mol. The van der Waals surface area contributed by atoms with E-state index in [2.05, 4.69) is 25.1 Å². The van der Waals surface area contributed by atoms with Gasteiger partial charge in [-0.3, -0.25) is 4.79 Å². The van der Waals surface area contributed by atoms with E-state index >= 15 is 0 Å². The summed E-state index contributed by atoms with van der Waals surface area (Å²) in [5.74, 6) is 1.41. The van der Waals surface area contributed by atoms with Crippen LogP contribution in [0.4, 0.5) is 21.6 Å². The number of methoxy groups -OCH3 is 1. The topological polar surface area (TPSA) is 70.6 Å². The van der Waals surface area contributed by atoms with Crippen LogP contribution in [0.3, 0.4) is 0 Å². The highest BCUT2D eigenvalue weighted by atomic mass is 32.2. The van der Waals surface area contributed by atoms with Crippen molar-refractivity contribution in [2.24, 2.45) is 0 Å². The fourth-order valence-electron chi connectivity index (χ4n) is 3.47. The van der Waals surface area contributed by atoms with Crippen LogP contribution in [0.5, 0.6) is 5.75 Å². The lowest BCUT2D eigenvalue weighted by Crippen LogP contribution is -2.47. The van der Waals surface area contributed by atoms with E-state index in [9.17, 15) is 9.18 Å². The highest BCUT2D eigenvalue weighted by Gasteiger charge is 2.21. The van der Waals surface area contributed by atoms with Gasteiger partial charge < -0.3 is 19.9 Å². The molecule has 0 saturated carbocycles. The Morgan fingerprint density at radius 1 is 1.00 bits per heavy atom. The van der Waals surface area contributed by atoms with Crippen molar-refractivity contribution in [2.45, 2.75) is 5.03 Å². The maximum absolute atomic E-state index is 13.2. The molecule has 32 heavy (non-hydrogen) atoms. The van der Waals surface area contributed by atoms with Gasteiger partial charge in [0, 0.05) is 49.9 Å². The van der Waals surface area contributed by atoms with Gasteiger partial charge in [0.2, 0.25) is 5.91 Å². The van der Waals surface area contributed by atoms with Crippen LogP contribution >= 0.6 is 11.8 Å². The van der Waals surface area contributed by atoms with E-state index in [1.807, 2.05) is 0 Å². The number of hydrogen-bond acceptors (Lipinski definition) is 7. The molecule has 4 rings (SSSR count). The van der Waals surface area contributed by atoms with E-state index in [-0.39, 0.29) is 17.5 Å². The lowest BCUT2D eigenvalue weighted by molar-refractivity contribution is -0.113. The Morgan fingerprint density at radius 2 is 1.66 bits per heavy atom. The van der Waals surface area contributed by atoms with Gasteiger partial charge in [-0.25, -0.2) is 14.4 Å². The second kappa shape index (κ2) is 10.3. The second-order valence-electron chi connectivity index (χ2n) is 7.20. The van der Waals surface area contributed by atoms with Crippen molar-refractivity contribution in [1.82, 2.24) is 9.97 Å². The van der Waals surface area contributed by atoms with Crippen molar-refractivity contribution in [3.8, 4) is 5.75 Å². The molecule has 0 atom stereocenters. The van der Waals surface area contributed by atoms with Gasteiger partial charge in [-0.05, 0) is 48.5 Å². The van der Waals surface area contributed by atoms with Gasteiger partial charge in [-0.1, -0.05) is 11.8 Å². The predicted molar refractivity (Wildman–Crippen MR) is 125 cm³/mol. The summed E-state index contributed by atoms with van der Waals surface area (Å²) in [5.41, 5.74) is 1.72. The number of piperazine rings is 1. The minimum absolute atomic E-state index is 0.113. The number of carbonyl (C=O) groups is 1. The van der Waals surface area contributed by atoms with Crippen molar-refractivity contribution in [3.05, 3.63) is 66.7 Å². The van der Waals surface area contributed by atoms with Crippen molar-refractivity contribution >= 4 is 34.9 Å². The molecule has 1 N–H and O–H groups in total. The lowest BCUT2D eigenvalue weighted by atomic mass is 10.2. The van der Waals surface area contributed by atoms with Gasteiger partial charge in [-0.2, -0.15) is 0 Å². The molecule has 0 aliphatic carbocycles. The van der Waals surface area contributed by atoms with Gasteiger partial charge in [0.25, 0.3) is 0 Å². The Labute approximate surface area is 190 Å². The van der Waals surface area contributed by atoms with Crippen LogP contribution in [0.1, 0.15) is 0 Å². The van der Waals surface area contributed by atoms with Crippen LogP contribution < -0.4 is 19.9 Å². The number of nitrogens with one attached hydrogen (secondary N) is 1. The zero-order valence-corrected chi connectivity index (χ0v) is 18.5. The number of nitrogens with zero attached hydrogens (tertiary/aromatic N) is 4. The third kappa shape index (κ3) is 5.47. The third-order valence-corrected chi connectivity index (χ3v) is 6.10. The number of hydrogen-bond donors (Lipinski definition) is 1. The van der Waals surface area contributed by atoms with Crippen LogP contribution in [0.2, 0.25) is 0 Å². The third-order valence-electron chi connectivity index (χ3n) is 5.13. The molecule has 0 radical (unpaired) electrons. The SMILES string of the molecule is COc1ccc(NC(=O)CSc2nccnc2N2CCN(c3ccc(F)cc3)CC2)cc1. The van der Waals surface area contributed by atoms with Crippen LogP contribution in [-0.4, -0.2) is 54.9 Å². The molecule has 2 heterocycles. The molecule has 1 fully saturated rings. The Kier molecular flexibility index (Phi) is 7.06. The number of aromatic nitrogens is 2. The maximum atomic E-state index is 13.2. The standard InChI is InChI=1S/C23H24FN5O2S/c1-31-20-8-4-18(5-9-20)27-21(30)16-32-23-22(25-10-11-26-23)29-14-12-28(13-15-29)19-6-2-17(24)3-7-19/h2-11H,12-16H2,1H3,(H,27,30). The van der Waals surface area contributed by atoms with E-state index in [1.54, 1.807) is 55.9 Å². The summed E-state index contributed by atoms with van der Waals surface area (Å²) in [5, 5.41) is 3.61. The fraction of sp³-hybridized carbons (Fsp3) is 0.261. The zero-order valence-electron chi connectivity index (χ0n) is 17.7. The monoisotopic (exact) mass is 453 g/mol. The van der Waals surface area contributed by atoms with E-state index in [4.69, 9.17) is 4.74 Å². The Hall–Kier alpha value is -3.33. The average Bonchev–Trinajstić information content (AvgIpc) is 2.84. The zero-order chi connectivity index (χ0) is 22.3. The summed E-state index contributed by atoms with van der Waals surface area (Å²) < 4.78 is 18.3. The molecule has 1 aliphatic heterocycles. The smallest absolute Gasteiger partial charge is 0.234 e. The molecule has 2 aromatic carbocycles. The van der Waals surface area contributed by atoms with Crippen molar-refractivity contribution in [2.75, 3.05) is 54.2 Å². The Balaban J connectivity index is 1.33. The molecule has 0 unspecified atom stereocenters. The van der Waals surface area contributed by atoms with E-state index in [0.717, 1.165) is 48.5 Å². The van der Waals surface area contributed by atoms with Gasteiger partial charge in [-0.15, -0.1) is 0 Å². The first kappa shape index (κ1) is 21.9. The Bertz CT molecular complexity index is 1040. The number of carbonyl (C=O) groups excluding carboxylic acids is 1. The summed E-state index contributed by atoms with van der Waals surface area (Å²) in [6.07, 6.45) is 3.31. The normalized spacial score (nSPS) is 13.7. The summed E-state index contributed by atoms with van der Waals surface area (Å²) in [7, 11) is 1.60. The van der Waals surface area contributed by atoms with E-state index in [0.29, 0.717) is 5.69 Å². The molecule has 1 aliphatic rings. The highest BCUT2D eigenvalue weighted by molar-refractivity contribution is 8.00. The number of amides is 1. The first-order valence-electron chi connectivity index (χ1n) is 10.3. The quantitative estimate of drug-likeness (QED) is 0.547. The summed E-state index contributed by atoms with van der Waals surface area (Å²) >= 11 is 1.37. The molecule has 1 aromatic heterocycles. The number of ether oxygens (including phenoxy) is 1. The van der Waals surface area contributed by atoms with Gasteiger partial charge in [0.1, 0.15) is 16.6 Å². The van der Waals surface area contributed by atoms with Crippen LogP contribution in [0.15, 0.2) is 66.0 Å². The number of benzene rings is 2. The lowest BCUT2D eigenvalue weighted by Gasteiger charge is -2.37. The van der Waals surface area contributed by atoms with Gasteiger partial charge in [0.05, 0.1) is 12.9 Å². The minimum atomic E-state index is -0.232. The predicted octanol–water partition coefficient (Wildman–Crippen LogP) is 3.68. The summed E-state index contributed by atoms with van der Waals surface area (Å²) in [6, 6.07) is 13.8. The molecule has 0 spiro atoms. The molecule has 1 saturated heterocycles. The molecule has 9 heteroatoms. The molecule has 0 bridgehead atoms. The fourth-order valence-corrected chi connectivity index (χ4v) is 4.26. The van der Waals surface area contributed by atoms with Crippen LogP contribution in [0, 0.1) is 5.82 Å². The van der Waals surface area contributed by atoms with Crippen LogP contribution in [0.25, 0.3) is 0 Å². The molecule has 3 aromatic rings. The van der Waals surface area contributed by atoms with E-state index < -0.39 is 0 Å². The number of thioether (sulfide) groups is 1. The molecule has 7 nitrogen and oxygen atoms in total. The second-order valence-corrected chi connectivity index (χ2v) is 8.17. The Morgan fingerprint density at radius 3 is 2.34 bits per heavy atom. The van der Waals surface area contributed by atoms with Gasteiger partial charge >= 0.3 is 0 Å². The number of anilines is 3. The molecule has 166 valence electrons. The van der Waals surface area contributed by atoms with Crippen molar-refractivity contribution < 1.29 is 13.9 Å². The largest absolute Gasteiger partial charge is 0.497 e. The van der Waals surface area contributed by atoms with Gasteiger partial charge in [0.15, 0.2) is 5.82 Å². The molecule has 1 amide bonds. The summed E-state index contributed by atoms with van der Waals surface area (Å²) in [6.45, 7) is 3.12. The maximum Gasteiger partial charge on any atom is 0.234 e. The van der Waals surface area contributed by atoms with Crippen molar-refractivity contribution in [1.29, 1.82) is 0 Å². The molecular weight excluding hydrogens is 429 g/mol. The minimum Gasteiger partial charge on any atom is -0.497 e. The van der Waals surface area contributed by atoms with Crippen LogP contribution in [-0.2, 0) is 4.79 Å². The highest BCUT2D eigenvalue weighted by Crippen LogP contribution is 2.28. The summed E-state index contributed by atoms with van der Waals surface area (Å²) in [4.78, 5) is 25.8. The number of rotatable bonds is 7. The number of halogens is 1. The van der Waals surface area contributed by atoms with Crippen molar-refractivity contribution in [3.63, 3.8) is 0 Å². The molecular formula is C23H24FN5O2S. The first-order valence-corrected chi connectivity index (χ1v) is 11.2. The first-order chi connectivity index (χ1) is 15.6.